The molecule has 2 amide bonds. The summed E-state index contributed by atoms with van der Waals surface area (Å²) in [6.07, 6.45) is 5.26. The second-order valence-corrected chi connectivity index (χ2v) is 5.47. The van der Waals surface area contributed by atoms with Crippen molar-refractivity contribution in [1.29, 1.82) is 5.26 Å². The van der Waals surface area contributed by atoms with Gasteiger partial charge in [0.1, 0.15) is 12.4 Å². The summed E-state index contributed by atoms with van der Waals surface area (Å²) in [4.78, 5) is 25.8. The van der Waals surface area contributed by atoms with Crippen LogP contribution in [0.15, 0.2) is 36.4 Å². The molecule has 3 rings (SSSR count). The van der Waals surface area contributed by atoms with E-state index in [0.29, 0.717) is 24.2 Å². The number of ether oxygens (including phenoxy) is 1. The quantitative estimate of drug-likeness (QED) is 0.628. The monoisotopic (exact) mass is 296 g/mol. The molecule has 5 nitrogen and oxygen atoms in total. The SMILES string of the molecule is N#Cc1ccc(OCCN2C(=O)[C@H]3CC=CC[C@H]3C2=O)cc1. The molecule has 5 heteroatoms. The Hall–Kier alpha value is -2.61. The Kier molecular flexibility index (Phi) is 3.92. The normalized spacial score (nSPS) is 23.3. The molecule has 1 fully saturated rings. The van der Waals surface area contributed by atoms with Crippen LogP contribution in [0.3, 0.4) is 0 Å². The van der Waals surface area contributed by atoms with Gasteiger partial charge >= 0.3 is 0 Å². The number of imide groups is 1. The lowest BCUT2D eigenvalue weighted by Gasteiger charge is -2.15. The molecule has 2 aliphatic rings. The zero-order valence-electron chi connectivity index (χ0n) is 12.1. The third-order valence-electron chi connectivity index (χ3n) is 4.17. The molecular weight excluding hydrogens is 280 g/mol. The van der Waals surface area contributed by atoms with E-state index in [1.807, 2.05) is 18.2 Å². The number of nitrogens with zero attached hydrogens (tertiary/aromatic N) is 2. The molecule has 0 bridgehead atoms. The molecule has 2 atom stereocenters. The molecule has 1 aliphatic heterocycles. The smallest absolute Gasteiger partial charge is 0.233 e. The molecule has 1 saturated heterocycles. The zero-order chi connectivity index (χ0) is 15.5. The van der Waals surface area contributed by atoms with Crippen LogP contribution in [0.2, 0.25) is 0 Å². The number of amides is 2. The number of benzene rings is 1. The fraction of sp³-hybridized carbons (Fsp3) is 0.353. The molecule has 0 radical (unpaired) electrons. The third kappa shape index (κ3) is 2.60. The van der Waals surface area contributed by atoms with E-state index in [1.54, 1.807) is 24.3 Å². The maximum absolute atomic E-state index is 12.3. The van der Waals surface area contributed by atoms with Crippen LogP contribution < -0.4 is 4.74 Å². The summed E-state index contributed by atoms with van der Waals surface area (Å²) in [6, 6.07) is 8.78. The molecule has 0 saturated carbocycles. The summed E-state index contributed by atoms with van der Waals surface area (Å²) in [5.41, 5.74) is 0.564. The molecule has 0 aromatic heterocycles. The van der Waals surface area contributed by atoms with Crippen molar-refractivity contribution >= 4 is 11.8 Å². The molecule has 1 heterocycles. The lowest BCUT2D eigenvalue weighted by molar-refractivity contribution is -0.140. The number of nitriles is 1. The van der Waals surface area contributed by atoms with E-state index in [9.17, 15) is 9.59 Å². The van der Waals surface area contributed by atoms with Crippen LogP contribution in [0.25, 0.3) is 0 Å². The number of carbonyl (C=O) groups is 2. The summed E-state index contributed by atoms with van der Waals surface area (Å²) in [5, 5.41) is 8.73. The van der Waals surface area contributed by atoms with Gasteiger partial charge in [0.2, 0.25) is 11.8 Å². The number of hydrogen-bond acceptors (Lipinski definition) is 4. The molecule has 1 aromatic rings. The van der Waals surface area contributed by atoms with Crippen molar-refractivity contribution in [1.82, 2.24) is 4.90 Å². The maximum Gasteiger partial charge on any atom is 0.233 e. The van der Waals surface area contributed by atoms with Gasteiger partial charge < -0.3 is 4.74 Å². The third-order valence-corrected chi connectivity index (χ3v) is 4.17. The highest BCUT2D eigenvalue weighted by atomic mass is 16.5. The first-order valence-electron chi connectivity index (χ1n) is 7.34. The summed E-state index contributed by atoms with van der Waals surface area (Å²) >= 11 is 0. The minimum absolute atomic E-state index is 0.0808. The van der Waals surface area contributed by atoms with E-state index in [1.165, 1.54) is 4.90 Å². The van der Waals surface area contributed by atoms with Crippen molar-refractivity contribution in [2.45, 2.75) is 12.8 Å². The standard InChI is InChI=1S/C17H16N2O3/c18-11-12-5-7-13(8-6-12)22-10-9-19-16(20)14-3-1-2-4-15(14)17(19)21/h1-2,5-8,14-15H,3-4,9-10H2/t14-,15+. The number of rotatable bonds is 4. The molecule has 0 spiro atoms. The first kappa shape index (κ1) is 14.3. The molecule has 22 heavy (non-hydrogen) atoms. The van der Waals surface area contributed by atoms with Gasteiger partial charge in [0.05, 0.1) is 30.0 Å². The average Bonchev–Trinajstić information content (AvgIpc) is 2.81. The number of carbonyl (C=O) groups excluding carboxylic acids is 2. The van der Waals surface area contributed by atoms with Crippen molar-refractivity contribution in [3.63, 3.8) is 0 Å². The predicted molar refractivity (Wildman–Crippen MR) is 78.7 cm³/mol. The average molecular weight is 296 g/mol. The van der Waals surface area contributed by atoms with Crippen molar-refractivity contribution in [2.24, 2.45) is 11.8 Å². The molecular formula is C17H16N2O3. The predicted octanol–water partition coefficient (Wildman–Crippen LogP) is 1.89. The Bertz CT molecular complexity index is 631. The zero-order valence-corrected chi connectivity index (χ0v) is 12.1. The largest absolute Gasteiger partial charge is 0.492 e. The summed E-state index contributed by atoms with van der Waals surface area (Å²) in [6.45, 7) is 0.529. The Balaban J connectivity index is 1.56. The van der Waals surface area contributed by atoms with Gasteiger partial charge in [-0.15, -0.1) is 0 Å². The van der Waals surface area contributed by atoms with Crippen LogP contribution in [-0.2, 0) is 9.59 Å². The fourth-order valence-corrected chi connectivity index (χ4v) is 2.97. The van der Waals surface area contributed by atoms with Gasteiger partial charge in [-0.3, -0.25) is 14.5 Å². The van der Waals surface area contributed by atoms with E-state index in [0.717, 1.165) is 0 Å². The van der Waals surface area contributed by atoms with Gasteiger partial charge in [-0.25, -0.2) is 0 Å². The molecule has 0 N–H and O–H groups in total. The van der Waals surface area contributed by atoms with Gasteiger partial charge in [0.15, 0.2) is 0 Å². The van der Waals surface area contributed by atoms with Crippen LogP contribution in [0.4, 0.5) is 0 Å². The lowest BCUT2D eigenvalue weighted by Crippen LogP contribution is -2.34. The van der Waals surface area contributed by atoms with Crippen molar-refractivity contribution in [3.8, 4) is 11.8 Å². The van der Waals surface area contributed by atoms with Crippen LogP contribution in [0.5, 0.6) is 5.75 Å². The summed E-state index contributed by atoms with van der Waals surface area (Å²) < 4.78 is 5.55. The van der Waals surface area contributed by atoms with E-state index in [2.05, 4.69) is 0 Å². The summed E-state index contributed by atoms with van der Waals surface area (Å²) in [7, 11) is 0. The highest BCUT2D eigenvalue weighted by Crippen LogP contribution is 2.34. The maximum atomic E-state index is 12.3. The van der Waals surface area contributed by atoms with Crippen molar-refractivity contribution < 1.29 is 14.3 Å². The molecule has 1 aromatic carbocycles. The van der Waals surface area contributed by atoms with Gasteiger partial charge in [-0.1, -0.05) is 12.2 Å². The first-order valence-corrected chi connectivity index (χ1v) is 7.34. The van der Waals surface area contributed by atoms with Gasteiger partial charge in [0.25, 0.3) is 0 Å². The molecule has 112 valence electrons. The minimum atomic E-state index is -0.188. The molecule has 1 aliphatic carbocycles. The topological polar surface area (TPSA) is 70.4 Å². The number of hydrogen-bond donors (Lipinski definition) is 0. The number of allylic oxidation sites excluding steroid dienone is 2. The number of likely N-dealkylation sites (tertiary alicyclic amines) is 1. The van der Waals surface area contributed by atoms with Crippen molar-refractivity contribution in [2.75, 3.05) is 13.2 Å². The van der Waals surface area contributed by atoms with E-state index >= 15 is 0 Å². The van der Waals surface area contributed by atoms with E-state index < -0.39 is 0 Å². The van der Waals surface area contributed by atoms with Gasteiger partial charge in [0, 0.05) is 0 Å². The highest BCUT2D eigenvalue weighted by molar-refractivity contribution is 6.05. The Morgan fingerprint density at radius 1 is 1.09 bits per heavy atom. The lowest BCUT2D eigenvalue weighted by atomic mass is 9.85. The second-order valence-electron chi connectivity index (χ2n) is 5.47. The van der Waals surface area contributed by atoms with Gasteiger partial charge in [-0.05, 0) is 37.1 Å². The second kappa shape index (κ2) is 6.02. The Labute approximate surface area is 128 Å². The van der Waals surface area contributed by atoms with Gasteiger partial charge in [-0.2, -0.15) is 5.26 Å². The van der Waals surface area contributed by atoms with Crippen molar-refractivity contribution in [3.05, 3.63) is 42.0 Å². The van der Waals surface area contributed by atoms with E-state index in [4.69, 9.17) is 10.00 Å². The Morgan fingerprint density at radius 2 is 1.68 bits per heavy atom. The minimum Gasteiger partial charge on any atom is -0.492 e. The van der Waals surface area contributed by atoms with E-state index in [-0.39, 0.29) is 36.8 Å². The van der Waals surface area contributed by atoms with Crippen LogP contribution in [0, 0.1) is 23.2 Å². The van der Waals surface area contributed by atoms with Crippen LogP contribution >= 0.6 is 0 Å². The number of fused-ring (bicyclic) bond motifs is 1. The fourth-order valence-electron chi connectivity index (χ4n) is 2.97. The van der Waals surface area contributed by atoms with Crippen LogP contribution in [-0.4, -0.2) is 29.9 Å². The van der Waals surface area contributed by atoms with Crippen LogP contribution in [0.1, 0.15) is 18.4 Å². The molecule has 0 unspecified atom stereocenters. The first-order chi connectivity index (χ1) is 10.7. The Morgan fingerprint density at radius 3 is 2.23 bits per heavy atom. The summed E-state index contributed by atoms with van der Waals surface area (Å²) in [5.74, 6) is 0.0857. The highest BCUT2D eigenvalue weighted by Gasteiger charge is 2.46.